The summed E-state index contributed by atoms with van der Waals surface area (Å²) in [6.07, 6.45) is 0. The molecule has 22 heavy (non-hydrogen) atoms. The predicted octanol–water partition coefficient (Wildman–Crippen LogP) is 4.19. The SMILES string of the molecule is CCN(CC)CCSc1ccc(-c2cc(C)ccc2C)nn1. The third kappa shape index (κ3) is 4.55. The third-order valence-electron chi connectivity index (χ3n) is 3.86. The number of aromatic nitrogens is 2. The van der Waals surface area contributed by atoms with Gasteiger partial charge in [-0.05, 0) is 50.7 Å². The van der Waals surface area contributed by atoms with E-state index in [-0.39, 0.29) is 0 Å². The van der Waals surface area contributed by atoms with Gasteiger partial charge in [0.05, 0.1) is 5.69 Å². The van der Waals surface area contributed by atoms with Gasteiger partial charge in [0.15, 0.2) is 0 Å². The standard InChI is InChI=1S/C18H25N3S/c1-5-21(6-2)11-12-22-18-10-9-17(19-20-18)16-13-14(3)7-8-15(16)4/h7-10,13H,5-6,11-12H2,1-4H3. The topological polar surface area (TPSA) is 29.0 Å². The molecule has 2 aromatic rings. The Labute approximate surface area is 138 Å². The van der Waals surface area contributed by atoms with Gasteiger partial charge in [0.2, 0.25) is 0 Å². The summed E-state index contributed by atoms with van der Waals surface area (Å²) in [6, 6.07) is 10.6. The van der Waals surface area contributed by atoms with Crippen LogP contribution in [0.15, 0.2) is 35.4 Å². The van der Waals surface area contributed by atoms with Crippen LogP contribution in [0.25, 0.3) is 11.3 Å². The molecule has 0 aliphatic heterocycles. The van der Waals surface area contributed by atoms with E-state index in [0.29, 0.717) is 0 Å². The minimum atomic E-state index is 0.953. The van der Waals surface area contributed by atoms with Crippen molar-refractivity contribution in [3.63, 3.8) is 0 Å². The number of benzene rings is 1. The quantitative estimate of drug-likeness (QED) is 0.716. The summed E-state index contributed by atoms with van der Waals surface area (Å²) >= 11 is 1.78. The lowest BCUT2D eigenvalue weighted by atomic mass is 10.0. The van der Waals surface area contributed by atoms with Crippen molar-refractivity contribution < 1.29 is 0 Å². The van der Waals surface area contributed by atoms with Crippen molar-refractivity contribution in [3.8, 4) is 11.3 Å². The number of aryl methyl sites for hydroxylation is 2. The van der Waals surface area contributed by atoms with Crippen LogP contribution in [0.4, 0.5) is 0 Å². The molecular formula is C18H25N3S. The highest BCUT2D eigenvalue weighted by molar-refractivity contribution is 7.99. The largest absolute Gasteiger partial charge is 0.303 e. The first-order valence-corrected chi connectivity index (χ1v) is 8.89. The van der Waals surface area contributed by atoms with Crippen LogP contribution in [0.3, 0.4) is 0 Å². The monoisotopic (exact) mass is 315 g/mol. The Morgan fingerprint density at radius 3 is 2.41 bits per heavy atom. The molecule has 0 amide bonds. The maximum absolute atomic E-state index is 4.40. The molecule has 0 aliphatic carbocycles. The van der Waals surface area contributed by atoms with Gasteiger partial charge in [-0.25, -0.2) is 0 Å². The molecule has 0 saturated carbocycles. The van der Waals surface area contributed by atoms with Gasteiger partial charge in [-0.2, -0.15) is 0 Å². The number of rotatable bonds is 7. The van der Waals surface area contributed by atoms with E-state index in [4.69, 9.17) is 0 Å². The molecule has 0 unspecified atom stereocenters. The zero-order valence-electron chi connectivity index (χ0n) is 14.0. The van der Waals surface area contributed by atoms with E-state index in [2.05, 4.69) is 73.1 Å². The first-order chi connectivity index (χ1) is 10.6. The van der Waals surface area contributed by atoms with Crippen molar-refractivity contribution in [1.82, 2.24) is 15.1 Å². The van der Waals surface area contributed by atoms with Gasteiger partial charge in [-0.1, -0.05) is 31.5 Å². The van der Waals surface area contributed by atoms with E-state index in [1.165, 1.54) is 16.7 Å². The van der Waals surface area contributed by atoms with E-state index in [1.54, 1.807) is 11.8 Å². The van der Waals surface area contributed by atoms with E-state index in [0.717, 1.165) is 36.1 Å². The van der Waals surface area contributed by atoms with Crippen LogP contribution in [0.1, 0.15) is 25.0 Å². The summed E-state index contributed by atoms with van der Waals surface area (Å²) in [6.45, 7) is 11.9. The molecule has 0 saturated heterocycles. The number of nitrogens with zero attached hydrogens (tertiary/aromatic N) is 3. The van der Waals surface area contributed by atoms with Crippen LogP contribution < -0.4 is 0 Å². The average Bonchev–Trinajstić information content (AvgIpc) is 2.54. The number of hydrogen-bond donors (Lipinski definition) is 0. The highest BCUT2D eigenvalue weighted by atomic mass is 32.2. The maximum Gasteiger partial charge on any atom is 0.119 e. The van der Waals surface area contributed by atoms with Crippen molar-refractivity contribution in [2.45, 2.75) is 32.7 Å². The highest BCUT2D eigenvalue weighted by Gasteiger charge is 2.06. The van der Waals surface area contributed by atoms with Gasteiger partial charge in [0.1, 0.15) is 5.03 Å². The van der Waals surface area contributed by atoms with Crippen molar-refractivity contribution in [2.24, 2.45) is 0 Å². The molecule has 1 heterocycles. The lowest BCUT2D eigenvalue weighted by Crippen LogP contribution is -2.25. The van der Waals surface area contributed by atoms with E-state index < -0.39 is 0 Å². The fourth-order valence-corrected chi connectivity index (χ4v) is 3.19. The molecule has 0 N–H and O–H groups in total. The van der Waals surface area contributed by atoms with E-state index >= 15 is 0 Å². The summed E-state index contributed by atoms with van der Waals surface area (Å²) in [5.74, 6) is 1.05. The zero-order chi connectivity index (χ0) is 15.9. The smallest absolute Gasteiger partial charge is 0.119 e. The van der Waals surface area contributed by atoms with E-state index in [1.807, 2.05) is 0 Å². The Morgan fingerprint density at radius 2 is 1.77 bits per heavy atom. The second-order valence-electron chi connectivity index (χ2n) is 5.45. The Hall–Kier alpha value is -1.39. The zero-order valence-corrected chi connectivity index (χ0v) is 14.8. The maximum atomic E-state index is 4.40. The number of thioether (sulfide) groups is 1. The molecule has 1 aromatic carbocycles. The van der Waals surface area contributed by atoms with Gasteiger partial charge < -0.3 is 4.90 Å². The fraction of sp³-hybridized carbons (Fsp3) is 0.444. The second kappa shape index (κ2) is 8.30. The molecule has 3 nitrogen and oxygen atoms in total. The van der Waals surface area contributed by atoms with Crippen molar-refractivity contribution in [1.29, 1.82) is 0 Å². The molecule has 0 fully saturated rings. The predicted molar refractivity (Wildman–Crippen MR) is 95.5 cm³/mol. The molecule has 0 spiro atoms. The Balaban J connectivity index is 2.00. The van der Waals surface area contributed by atoms with Crippen LogP contribution in [-0.4, -0.2) is 40.5 Å². The molecule has 2 rings (SSSR count). The fourth-order valence-electron chi connectivity index (χ4n) is 2.37. The summed E-state index contributed by atoms with van der Waals surface area (Å²) < 4.78 is 0. The van der Waals surface area contributed by atoms with Gasteiger partial charge in [0.25, 0.3) is 0 Å². The highest BCUT2D eigenvalue weighted by Crippen LogP contribution is 2.23. The van der Waals surface area contributed by atoms with Crippen LogP contribution in [0.2, 0.25) is 0 Å². The second-order valence-corrected chi connectivity index (χ2v) is 6.57. The van der Waals surface area contributed by atoms with Gasteiger partial charge in [-0.15, -0.1) is 22.0 Å². The van der Waals surface area contributed by atoms with Crippen LogP contribution >= 0.6 is 11.8 Å². The molecule has 0 aliphatic rings. The van der Waals surface area contributed by atoms with Gasteiger partial charge in [-0.3, -0.25) is 0 Å². The van der Waals surface area contributed by atoms with Crippen LogP contribution in [-0.2, 0) is 0 Å². The van der Waals surface area contributed by atoms with Crippen molar-refractivity contribution in [3.05, 3.63) is 41.5 Å². The summed E-state index contributed by atoms with van der Waals surface area (Å²) in [5, 5.41) is 9.77. The Kier molecular flexibility index (Phi) is 6.40. The molecule has 0 bridgehead atoms. The first kappa shape index (κ1) is 17.0. The van der Waals surface area contributed by atoms with Crippen LogP contribution in [0, 0.1) is 13.8 Å². The summed E-state index contributed by atoms with van der Waals surface area (Å²) in [4.78, 5) is 2.42. The normalized spacial score (nSPS) is 11.1. The molecule has 0 atom stereocenters. The minimum absolute atomic E-state index is 0.953. The first-order valence-electron chi connectivity index (χ1n) is 7.90. The number of hydrogen-bond acceptors (Lipinski definition) is 4. The Morgan fingerprint density at radius 1 is 1.00 bits per heavy atom. The Bertz CT molecular complexity index is 592. The summed E-state index contributed by atoms with van der Waals surface area (Å²) in [7, 11) is 0. The molecule has 4 heteroatoms. The lowest BCUT2D eigenvalue weighted by molar-refractivity contribution is 0.324. The van der Waals surface area contributed by atoms with Crippen molar-refractivity contribution >= 4 is 11.8 Å². The van der Waals surface area contributed by atoms with E-state index in [9.17, 15) is 0 Å². The molecular weight excluding hydrogens is 290 g/mol. The lowest BCUT2D eigenvalue weighted by Gasteiger charge is -2.16. The third-order valence-corrected chi connectivity index (χ3v) is 4.76. The van der Waals surface area contributed by atoms with Crippen LogP contribution in [0.5, 0.6) is 0 Å². The van der Waals surface area contributed by atoms with Crippen molar-refractivity contribution in [2.75, 3.05) is 25.4 Å². The summed E-state index contributed by atoms with van der Waals surface area (Å²) in [5.41, 5.74) is 4.61. The van der Waals surface area contributed by atoms with Gasteiger partial charge in [0, 0.05) is 17.9 Å². The molecule has 1 aromatic heterocycles. The average molecular weight is 315 g/mol. The molecule has 0 radical (unpaired) electrons. The molecule has 118 valence electrons. The minimum Gasteiger partial charge on any atom is -0.303 e. The van der Waals surface area contributed by atoms with Gasteiger partial charge >= 0.3 is 0 Å².